The van der Waals surface area contributed by atoms with Gasteiger partial charge in [-0.05, 0) is 55.0 Å². The standard InChI is InChI=1S/C13H16FN/c1-9-7-11(14)5-6-13(9)10-3-2-4-12(15)8-10/h5-8,12H,2-4,15H2,1H3. The summed E-state index contributed by atoms with van der Waals surface area (Å²) in [6, 6.07) is 5.12. The predicted molar refractivity (Wildman–Crippen MR) is 60.9 cm³/mol. The van der Waals surface area contributed by atoms with Crippen molar-refractivity contribution in [1.82, 2.24) is 0 Å². The second kappa shape index (κ2) is 4.15. The van der Waals surface area contributed by atoms with Gasteiger partial charge in [0.15, 0.2) is 0 Å². The lowest BCUT2D eigenvalue weighted by Crippen LogP contribution is -2.20. The van der Waals surface area contributed by atoms with Gasteiger partial charge in [0.25, 0.3) is 0 Å². The molecule has 0 amide bonds. The summed E-state index contributed by atoms with van der Waals surface area (Å²) < 4.78 is 12.9. The first kappa shape index (κ1) is 10.4. The number of hydrogen-bond donors (Lipinski definition) is 1. The van der Waals surface area contributed by atoms with E-state index >= 15 is 0 Å². The average molecular weight is 205 g/mol. The van der Waals surface area contributed by atoms with Crippen molar-refractivity contribution in [3.05, 3.63) is 41.2 Å². The maximum absolute atomic E-state index is 12.9. The summed E-state index contributed by atoms with van der Waals surface area (Å²) in [5.74, 6) is -0.169. The van der Waals surface area contributed by atoms with Crippen LogP contribution in [0.1, 0.15) is 30.4 Å². The minimum absolute atomic E-state index is 0.165. The van der Waals surface area contributed by atoms with E-state index in [1.165, 1.54) is 11.6 Å². The molecule has 2 heteroatoms. The van der Waals surface area contributed by atoms with Gasteiger partial charge in [-0.25, -0.2) is 4.39 Å². The Morgan fingerprint density at radius 1 is 1.40 bits per heavy atom. The smallest absolute Gasteiger partial charge is 0.123 e. The summed E-state index contributed by atoms with van der Waals surface area (Å²) in [6.07, 6.45) is 5.36. The Bertz CT molecular complexity index is 396. The second-order valence-electron chi connectivity index (χ2n) is 4.21. The van der Waals surface area contributed by atoms with Crippen LogP contribution in [-0.4, -0.2) is 6.04 Å². The molecule has 1 unspecified atom stereocenters. The minimum Gasteiger partial charge on any atom is -0.324 e. The SMILES string of the molecule is Cc1cc(F)ccc1C1=CC(N)CCC1. The third-order valence-corrected chi connectivity index (χ3v) is 2.93. The van der Waals surface area contributed by atoms with E-state index in [-0.39, 0.29) is 11.9 Å². The van der Waals surface area contributed by atoms with Gasteiger partial charge in [0.2, 0.25) is 0 Å². The third-order valence-electron chi connectivity index (χ3n) is 2.93. The zero-order chi connectivity index (χ0) is 10.8. The van der Waals surface area contributed by atoms with Gasteiger partial charge in [0.05, 0.1) is 0 Å². The molecule has 1 aromatic carbocycles. The number of aryl methyl sites for hydroxylation is 1. The van der Waals surface area contributed by atoms with E-state index in [0.29, 0.717) is 0 Å². The lowest BCUT2D eigenvalue weighted by molar-refractivity contribution is 0.626. The van der Waals surface area contributed by atoms with Crippen molar-refractivity contribution in [2.24, 2.45) is 5.73 Å². The van der Waals surface area contributed by atoms with Crippen LogP contribution in [0, 0.1) is 12.7 Å². The molecule has 2 rings (SSSR count). The van der Waals surface area contributed by atoms with Crippen LogP contribution in [0.15, 0.2) is 24.3 Å². The Morgan fingerprint density at radius 2 is 2.20 bits per heavy atom. The van der Waals surface area contributed by atoms with Gasteiger partial charge in [-0.1, -0.05) is 12.1 Å². The highest BCUT2D eigenvalue weighted by Crippen LogP contribution is 2.28. The van der Waals surface area contributed by atoms with E-state index in [1.807, 2.05) is 13.0 Å². The molecule has 1 nitrogen and oxygen atoms in total. The molecule has 1 aliphatic carbocycles. The van der Waals surface area contributed by atoms with Crippen molar-refractivity contribution in [2.75, 3.05) is 0 Å². The summed E-state index contributed by atoms with van der Waals surface area (Å²) in [5.41, 5.74) is 9.30. The van der Waals surface area contributed by atoms with E-state index in [0.717, 1.165) is 30.4 Å². The van der Waals surface area contributed by atoms with Crippen molar-refractivity contribution < 1.29 is 4.39 Å². The van der Waals surface area contributed by atoms with E-state index in [9.17, 15) is 4.39 Å². The number of nitrogens with two attached hydrogens (primary N) is 1. The van der Waals surface area contributed by atoms with Gasteiger partial charge in [-0.2, -0.15) is 0 Å². The van der Waals surface area contributed by atoms with Crippen LogP contribution in [0.4, 0.5) is 4.39 Å². The van der Waals surface area contributed by atoms with Crippen molar-refractivity contribution in [2.45, 2.75) is 32.2 Å². The molecule has 0 heterocycles. The highest BCUT2D eigenvalue weighted by atomic mass is 19.1. The van der Waals surface area contributed by atoms with Crippen LogP contribution < -0.4 is 5.73 Å². The quantitative estimate of drug-likeness (QED) is 0.749. The third kappa shape index (κ3) is 2.26. The fourth-order valence-corrected chi connectivity index (χ4v) is 2.17. The Balaban J connectivity index is 2.37. The fraction of sp³-hybridized carbons (Fsp3) is 0.385. The molecule has 2 N–H and O–H groups in total. The largest absolute Gasteiger partial charge is 0.324 e. The molecule has 0 aliphatic heterocycles. The van der Waals surface area contributed by atoms with Crippen molar-refractivity contribution in [3.8, 4) is 0 Å². The molecular weight excluding hydrogens is 189 g/mol. The molecule has 15 heavy (non-hydrogen) atoms. The Labute approximate surface area is 89.8 Å². The lowest BCUT2D eigenvalue weighted by Gasteiger charge is -2.19. The molecule has 1 atom stereocenters. The summed E-state index contributed by atoms with van der Waals surface area (Å²) in [6.45, 7) is 1.94. The second-order valence-corrected chi connectivity index (χ2v) is 4.21. The van der Waals surface area contributed by atoms with Crippen molar-refractivity contribution in [1.29, 1.82) is 0 Å². The first-order valence-electron chi connectivity index (χ1n) is 5.39. The number of benzene rings is 1. The monoisotopic (exact) mass is 205 g/mol. The van der Waals surface area contributed by atoms with Crippen molar-refractivity contribution in [3.63, 3.8) is 0 Å². The molecule has 0 saturated heterocycles. The molecule has 0 fully saturated rings. The Morgan fingerprint density at radius 3 is 2.87 bits per heavy atom. The molecule has 80 valence electrons. The lowest BCUT2D eigenvalue weighted by atomic mass is 9.89. The van der Waals surface area contributed by atoms with Crippen LogP contribution in [0.2, 0.25) is 0 Å². The number of rotatable bonds is 1. The zero-order valence-corrected chi connectivity index (χ0v) is 8.96. The average Bonchev–Trinajstić information content (AvgIpc) is 2.17. The van der Waals surface area contributed by atoms with Crippen LogP contribution in [0.5, 0.6) is 0 Å². The van der Waals surface area contributed by atoms with E-state index in [2.05, 4.69) is 6.08 Å². The summed E-state index contributed by atoms with van der Waals surface area (Å²) >= 11 is 0. The molecule has 0 saturated carbocycles. The van der Waals surface area contributed by atoms with Gasteiger partial charge in [-0.15, -0.1) is 0 Å². The maximum atomic E-state index is 12.9. The molecule has 1 aromatic rings. The zero-order valence-electron chi connectivity index (χ0n) is 8.96. The highest BCUT2D eigenvalue weighted by molar-refractivity contribution is 5.69. The van der Waals surface area contributed by atoms with Gasteiger partial charge >= 0.3 is 0 Å². The van der Waals surface area contributed by atoms with Gasteiger partial charge in [0, 0.05) is 6.04 Å². The minimum atomic E-state index is -0.169. The highest BCUT2D eigenvalue weighted by Gasteiger charge is 2.13. The summed E-state index contributed by atoms with van der Waals surface area (Å²) in [7, 11) is 0. The van der Waals surface area contributed by atoms with E-state index in [4.69, 9.17) is 5.73 Å². The molecule has 0 spiro atoms. The molecule has 0 bridgehead atoms. The van der Waals surface area contributed by atoms with Crippen molar-refractivity contribution >= 4 is 5.57 Å². The van der Waals surface area contributed by atoms with Crippen LogP contribution in [0.3, 0.4) is 0 Å². The first-order valence-corrected chi connectivity index (χ1v) is 5.39. The number of allylic oxidation sites excluding steroid dienone is 1. The maximum Gasteiger partial charge on any atom is 0.123 e. The van der Waals surface area contributed by atoms with Gasteiger partial charge < -0.3 is 5.73 Å². The van der Waals surface area contributed by atoms with Gasteiger partial charge in [0.1, 0.15) is 5.82 Å². The topological polar surface area (TPSA) is 26.0 Å². The fourth-order valence-electron chi connectivity index (χ4n) is 2.17. The normalized spacial score (nSPS) is 21.3. The molecule has 0 radical (unpaired) electrons. The Kier molecular flexibility index (Phi) is 2.87. The molecular formula is C13H16FN. The predicted octanol–water partition coefficient (Wildman–Crippen LogP) is 3.03. The van der Waals surface area contributed by atoms with Crippen LogP contribution >= 0.6 is 0 Å². The number of halogens is 1. The van der Waals surface area contributed by atoms with E-state index < -0.39 is 0 Å². The van der Waals surface area contributed by atoms with E-state index in [1.54, 1.807) is 6.07 Å². The van der Waals surface area contributed by atoms with Crippen LogP contribution in [-0.2, 0) is 0 Å². The first-order chi connectivity index (χ1) is 7.16. The summed E-state index contributed by atoms with van der Waals surface area (Å²) in [4.78, 5) is 0. The molecule has 0 aromatic heterocycles. The number of hydrogen-bond acceptors (Lipinski definition) is 1. The summed E-state index contributed by atoms with van der Waals surface area (Å²) in [5, 5.41) is 0. The Hall–Kier alpha value is -1.15. The van der Waals surface area contributed by atoms with Gasteiger partial charge in [-0.3, -0.25) is 0 Å². The van der Waals surface area contributed by atoms with Crippen LogP contribution in [0.25, 0.3) is 5.57 Å². The molecule has 1 aliphatic rings.